The van der Waals surface area contributed by atoms with Gasteiger partial charge in [-0.05, 0) is 81.1 Å². The molecule has 272 valence electrons. The molecule has 5 heteroatoms. The van der Waals surface area contributed by atoms with Gasteiger partial charge in [-0.1, -0.05) is 152 Å². The Morgan fingerprint density at radius 1 is 0.431 bits per heavy atom. The Balaban J connectivity index is 1.09. The number of hydrogen-bond donors (Lipinski definition) is 0. The molecule has 8 aromatic carbocycles. The van der Waals surface area contributed by atoms with Gasteiger partial charge >= 0.3 is 0 Å². The van der Waals surface area contributed by atoms with E-state index in [1.807, 2.05) is 24.3 Å². The molecule has 0 amide bonds. The summed E-state index contributed by atoms with van der Waals surface area (Å²) in [5.74, 6) is 3.43. The number of nitrogens with zero attached hydrogens (tertiary/aromatic N) is 3. The van der Waals surface area contributed by atoms with E-state index in [2.05, 4.69) is 170 Å². The molecular weight excluding hydrogens is 727 g/mol. The van der Waals surface area contributed by atoms with Crippen LogP contribution in [0.25, 0.3) is 98.7 Å². The SMILES string of the molecule is C=C1C=C(c2ccc3sc4cccc(-c5nc(-c6cccc(-c7ccccc7)c6)nc(-c6ccccc6-c6ccccc6)n5)c4c3c2)Oc2ccc3ccccc3c21. The summed E-state index contributed by atoms with van der Waals surface area (Å²) >= 11 is 1.77. The molecule has 4 nitrogen and oxygen atoms in total. The molecule has 0 fully saturated rings. The first-order chi connectivity index (χ1) is 28.6. The van der Waals surface area contributed by atoms with Gasteiger partial charge in [-0.25, -0.2) is 15.0 Å². The highest BCUT2D eigenvalue weighted by Crippen LogP contribution is 2.44. The third-order valence-electron chi connectivity index (χ3n) is 10.9. The largest absolute Gasteiger partial charge is 0.456 e. The van der Waals surface area contributed by atoms with E-state index in [-0.39, 0.29) is 0 Å². The number of ether oxygens (including phenoxy) is 1. The second kappa shape index (κ2) is 13.9. The fourth-order valence-corrected chi connectivity index (χ4v) is 9.23. The average Bonchev–Trinajstić information content (AvgIpc) is 3.67. The maximum absolute atomic E-state index is 6.64. The normalized spacial score (nSPS) is 12.4. The van der Waals surface area contributed by atoms with Crippen LogP contribution in [0.2, 0.25) is 0 Å². The highest BCUT2D eigenvalue weighted by atomic mass is 32.1. The number of hydrogen-bond acceptors (Lipinski definition) is 5. The number of fused-ring (bicyclic) bond motifs is 6. The van der Waals surface area contributed by atoms with E-state index in [1.54, 1.807) is 11.3 Å². The second-order valence-corrected chi connectivity index (χ2v) is 15.5. The molecule has 0 saturated carbocycles. The van der Waals surface area contributed by atoms with Gasteiger partial charge in [0, 0.05) is 48.0 Å². The molecule has 0 bridgehead atoms. The lowest BCUT2D eigenvalue weighted by molar-refractivity contribution is 0.511. The van der Waals surface area contributed by atoms with Gasteiger partial charge in [0.1, 0.15) is 11.5 Å². The lowest BCUT2D eigenvalue weighted by Crippen LogP contribution is -2.03. The van der Waals surface area contributed by atoms with Gasteiger partial charge in [0.2, 0.25) is 0 Å². The van der Waals surface area contributed by atoms with Crippen molar-refractivity contribution in [1.29, 1.82) is 0 Å². The van der Waals surface area contributed by atoms with Gasteiger partial charge in [-0.15, -0.1) is 11.3 Å². The molecule has 58 heavy (non-hydrogen) atoms. The van der Waals surface area contributed by atoms with Crippen molar-refractivity contribution in [2.45, 2.75) is 0 Å². The molecule has 0 N–H and O–H groups in total. The fraction of sp³-hybridized carbons (Fsp3) is 0. The van der Waals surface area contributed by atoms with Crippen molar-refractivity contribution in [2.24, 2.45) is 0 Å². The molecule has 0 aliphatic carbocycles. The van der Waals surface area contributed by atoms with E-state index in [0.717, 1.165) is 88.0 Å². The van der Waals surface area contributed by atoms with Crippen molar-refractivity contribution in [3.8, 4) is 62.2 Å². The number of rotatable bonds is 6. The Labute approximate surface area is 339 Å². The summed E-state index contributed by atoms with van der Waals surface area (Å²) in [6, 6.07) is 63.1. The summed E-state index contributed by atoms with van der Waals surface area (Å²) in [5, 5.41) is 4.52. The third-order valence-corrected chi connectivity index (χ3v) is 12.0. The predicted octanol–water partition coefficient (Wildman–Crippen LogP) is 14.2. The highest BCUT2D eigenvalue weighted by molar-refractivity contribution is 7.25. The second-order valence-electron chi connectivity index (χ2n) is 14.5. The van der Waals surface area contributed by atoms with Gasteiger partial charge < -0.3 is 4.74 Å². The van der Waals surface area contributed by atoms with Crippen molar-refractivity contribution >= 4 is 53.6 Å². The monoisotopic (exact) mass is 759 g/mol. The molecule has 10 aromatic rings. The number of aromatic nitrogens is 3. The zero-order chi connectivity index (χ0) is 38.6. The summed E-state index contributed by atoms with van der Waals surface area (Å²) in [6.07, 6.45) is 2.06. The lowest BCUT2D eigenvalue weighted by atomic mass is 9.94. The van der Waals surface area contributed by atoms with Crippen molar-refractivity contribution in [3.63, 3.8) is 0 Å². The first-order valence-corrected chi connectivity index (χ1v) is 20.1. The van der Waals surface area contributed by atoms with Crippen LogP contribution in [-0.4, -0.2) is 15.0 Å². The van der Waals surface area contributed by atoms with E-state index >= 15 is 0 Å². The molecule has 0 radical (unpaired) electrons. The summed E-state index contributed by atoms with van der Waals surface area (Å²) in [5.41, 5.74) is 10.2. The maximum atomic E-state index is 6.64. The van der Waals surface area contributed by atoms with Crippen LogP contribution in [0.5, 0.6) is 5.75 Å². The molecule has 1 aliphatic rings. The van der Waals surface area contributed by atoms with Crippen LogP contribution in [0.4, 0.5) is 0 Å². The van der Waals surface area contributed by atoms with E-state index in [4.69, 9.17) is 19.7 Å². The van der Waals surface area contributed by atoms with Gasteiger partial charge in [0.25, 0.3) is 0 Å². The zero-order valence-electron chi connectivity index (χ0n) is 31.3. The molecule has 0 unspecified atom stereocenters. The first kappa shape index (κ1) is 33.8. The van der Waals surface area contributed by atoms with Gasteiger partial charge in [0.05, 0.1) is 0 Å². The Morgan fingerprint density at radius 3 is 1.93 bits per heavy atom. The van der Waals surface area contributed by atoms with Crippen LogP contribution < -0.4 is 4.74 Å². The lowest BCUT2D eigenvalue weighted by Gasteiger charge is -2.21. The highest BCUT2D eigenvalue weighted by Gasteiger charge is 2.22. The number of thiophene rings is 1. The third kappa shape index (κ3) is 5.88. The fourth-order valence-electron chi connectivity index (χ4n) is 8.12. The summed E-state index contributed by atoms with van der Waals surface area (Å²) in [4.78, 5) is 15.8. The Morgan fingerprint density at radius 2 is 1.09 bits per heavy atom. The van der Waals surface area contributed by atoms with Gasteiger partial charge in [-0.2, -0.15) is 0 Å². The molecule has 3 heterocycles. The minimum atomic E-state index is 0.614. The molecule has 0 atom stereocenters. The van der Waals surface area contributed by atoms with Crippen molar-refractivity contribution < 1.29 is 4.74 Å². The molecule has 2 aromatic heterocycles. The topological polar surface area (TPSA) is 47.9 Å². The van der Waals surface area contributed by atoms with Crippen LogP contribution in [0, 0.1) is 0 Å². The summed E-state index contributed by atoms with van der Waals surface area (Å²) in [7, 11) is 0. The zero-order valence-corrected chi connectivity index (χ0v) is 32.1. The van der Waals surface area contributed by atoms with Gasteiger partial charge in [0.15, 0.2) is 17.5 Å². The van der Waals surface area contributed by atoms with Crippen LogP contribution >= 0.6 is 11.3 Å². The van der Waals surface area contributed by atoms with E-state index < -0.39 is 0 Å². The van der Waals surface area contributed by atoms with Gasteiger partial charge in [-0.3, -0.25) is 0 Å². The van der Waals surface area contributed by atoms with E-state index in [0.29, 0.717) is 17.5 Å². The Kier molecular flexibility index (Phi) is 8.12. The molecule has 0 saturated heterocycles. The van der Waals surface area contributed by atoms with Crippen molar-refractivity contribution in [1.82, 2.24) is 15.0 Å². The van der Waals surface area contributed by atoms with Crippen LogP contribution in [-0.2, 0) is 0 Å². The number of benzene rings is 8. The van der Waals surface area contributed by atoms with Crippen molar-refractivity contribution in [2.75, 3.05) is 0 Å². The van der Waals surface area contributed by atoms with E-state index in [1.165, 1.54) is 10.1 Å². The smallest absolute Gasteiger partial charge is 0.164 e. The van der Waals surface area contributed by atoms with Crippen molar-refractivity contribution in [3.05, 3.63) is 206 Å². The van der Waals surface area contributed by atoms with Crippen LogP contribution in [0.1, 0.15) is 11.1 Å². The first-order valence-electron chi connectivity index (χ1n) is 19.3. The minimum absolute atomic E-state index is 0.614. The molecule has 1 aliphatic heterocycles. The summed E-state index contributed by atoms with van der Waals surface area (Å²) in [6.45, 7) is 4.48. The molecule has 0 spiro atoms. The molecule has 11 rings (SSSR count). The number of allylic oxidation sites excluding steroid dienone is 2. The minimum Gasteiger partial charge on any atom is -0.456 e. The summed E-state index contributed by atoms with van der Waals surface area (Å²) < 4.78 is 8.97. The average molecular weight is 760 g/mol. The maximum Gasteiger partial charge on any atom is 0.164 e. The van der Waals surface area contributed by atoms with E-state index in [9.17, 15) is 0 Å². The Bertz CT molecular complexity index is 3280. The standard InChI is InChI=1S/C53H33N3OS/c1-33-30-46(57-45-28-26-36-18-8-9-22-41(36)49(33)45)38-27-29-47-44(32-38)50-43(24-13-25-48(50)58-47)53-55-51(39-20-12-19-37(31-39)34-14-4-2-5-15-34)54-52(56-53)42-23-11-10-21-40(42)35-16-6-3-7-17-35/h2-32H,1H2. The quantitative estimate of drug-likeness (QED) is 0.169. The Hall–Kier alpha value is -7.47. The predicted molar refractivity (Wildman–Crippen MR) is 241 cm³/mol. The van der Waals surface area contributed by atoms with Crippen LogP contribution in [0.3, 0.4) is 0 Å². The van der Waals surface area contributed by atoms with Crippen LogP contribution in [0.15, 0.2) is 195 Å². The molecular formula is C53H33N3OS.